The van der Waals surface area contributed by atoms with Crippen molar-refractivity contribution in [3.05, 3.63) is 34.3 Å². The molecule has 0 amide bonds. The first-order chi connectivity index (χ1) is 7.73. The van der Waals surface area contributed by atoms with Gasteiger partial charge in [-0.15, -0.1) is 0 Å². The number of nitrogens with zero attached hydrogens (tertiary/aromatic N) is 1. The van der Waals surface area contributed by atoms with Crippen molar-refractivity contribution in [1.29, 1.82) is 5.26 Å². The van der Waals surface area contributed by atoms with Gasteiger partial charge >= 0.3 is 0 Å². The maximum Gasteiger partial charge on any atom is 0.0768 e. The zero-order valence-corrected chi connectivity index (χ0v) is 10.9. The lowest BCUT2D eigenvalue weighted by molar-refractivity contribution is 0.148. The molecule has 1 aliphatic rings. The highest BCUT2D eigenvalue weighted by atomic mass is 79.9. The van der Waals surface area contributed by atoms with E-state index < -0.39 is 0 Å². The summed E-state index contributed by atoms with van der Waals surface area (Å²) in [4.78, 5) is 0. The number of halogens is 1. The number of benzene rings is 1. The monoisotopic (exact) mass is 278 g/mol. The van der Waals surface area contributed by atoms with E-state index in [0.717, 1.165) is 23.7 Å². The normalized spacial score (nSPS) is 19.6. The van der Waals surface area contributed by atoms with Crippen LogP contribution in [0.25, 0.3) is 0 Å². The molecule has 84 valence electrons. The number of hydrogen-bond donors (Lipinski definition) is 1. The third-order valence-corrected chi connectivity index (χ3v) is 4.25. The molecule has 0 radical (unpaired) electrons. The smallest absolute Gasteiger partial charge is 0.0768 e. The molecule has 3 heteroatoms. The Morgan fingerprint density at radius 2 is 2.12 bits per heavy atom. The third-order valence-electron chi connectivity index (χ3n) is 3.53. The van der Waals surface area contributed by atoms with Crippen molar-refractivity contribution in [2.45, 2.75) is 25.3 Å². The summed E-state index contributed by atoms with van der Waals surface area (Å²) in [5.41, 5.74) is 0.977. The van der Waals surface area contributed by atoms with Crippen LogP contribution in [0.4, 0.5) is 0 Å². The largest absolute Gasteiger partial charge is 0.312 e. The van der Waals surface area contributed by atoms with Crippen LogP contribution in [-0.4, -0.2) is 7.05 Å². The van der Waals surface area contributed by atoms with Gasteiger partial charge in [0.15, 0.2) is 0 Å². The Morgan fingerprint density at radius 3 is 2.56 bits per heavy atom. The van der Waals surface area contributed by atoms with Gasteiger partial charge in [0.2, 0.25) is 0 Å². The molecular weight excluding hydrogens is 264 g/mol. The Morgan fingerprint density at radius 1 is 1.44 bits per heavy atom. The molecule has 0 bridgehead atoms. The average molecular weight is 279 g/mol. The summed E-state index contributed by atoms with van der Waals surface area (Å²) in [7, 11) is 1.93. The number of hydrogen-bond acceptors (Lipinski definition) is 2. The first-order valence-electron chi connectivity index (χ1n) is 5.56. The lowest BCUT2D eigenvalue weighted by atomic mass is 9.63. The number of nitriles is 1. The summed E-state index contributed by atoms with van der Waals surface area (Å²) in [5.74, 6) is 0. The van der Waals surface area contributed by atoms with E-state index in [9.17, 15) is 5.26 Å². The molecule has 1 aromatic carbocycles. The lowest BCUT2D eigenvalue weighted by Gasteiger charge is -2.42. The maximum atomic E-state index is 9.38. The molecular formula is C13H15BrN2. The zero-order valence-electron chi connectivity index (χ0n) is 9.33. The van der Waals surface area contributed by atoms with Crippen molar-refractivity contribution in [3.63, 3.8) is 0 Å². The van der Waals surface area contributed by atoms with E-state index in [-0.39, 0.29) is 11.5 Å². The van der Waals surface area contributed by atoms with Gasteiger partial charge in [-0.2, -0.15) is 5.26 Å². The van der Waals surface area contributed by atoms with E-state index in [2.05, 4.69) is 33.4 Å². The van der Waals surface area contributed by atoms with Crippen molar-refractivity contribution in [2.75, 3.05) is 7.05 Å². The molecule has 1 fully saturated rings. The fourth-order valence-corrected chi connectivity index (χ4v) is 2.98. The SMILES string of the molecule is CNC(c1ccccc1Br)C1(C#N)CCC1. The first-order valence-corrected chi connectivity index (χ1v) is 6.36. The van der Waals surface area contributed by atoms with Gasteiger partial charge in [-0.25, -0.2) is 0 Å². The molecule has 0 spiro atoms. The van der Waals surface area contributed by atoms with Crippen LogP contribution in [-0.2, 0) is 0 Å². The number of rotatable bonds is 3. The Labute approximate surface area is 105 Å². The van der Waals surface area contributed by atoms with Gasteiger partial charge < -0.3 is 5.32 Å². The van der Waals surface area contributed by atoms with Gasteiger partial charge in [-0.3, -0.25) is 0 Å². The second kappa shape index (κ2) is 4.57. The van der Waals surface area contributed by atoms with Gasteiger partial charge in [-0.05, 0) is 31.5 Å². The summed E-state index contributed by atoms with van der Waals surface area (Å²) in [6.45, 7) is 0. The minimum Gasteiger partial charge on any atom is -0.312 e. The van der Waals surface area contributed by atoms with Gasteiger partial charge in [0.25, 0.3) is 0 Å². The van der Waals surface area contributed by atoms with E-state index >= 15 is 0 Å². The lowest BCUT2D eigenvalue weighted by Crippen LogP contribution is -2.41. The van der Waals surface area contributed by atoms with Crippen LogP contribution in [0, 0.1) is 16.7 Å². The van der Waals surface area contributed by atoms with Gasteiger partial charge in [-0.1, -0.05) is 40.5 Å². The van der Waals surface area contributed by atoms with Crippen LogP contribution in [0.2, 0.25) is 0 Å². The molecule has 1 N–H and O–H groups in total. The quantitative estimate of drug-likeness (QED) is 0.920. The van der Waals surface area contributed by atoms with Gasteiger partial charge in [0.1, 0.15) is 0 Å². The first kappa shape index (κ1) is 11.6. The van der Waals surface area contributed by atoms with Crippen molar-refractivity contribution < 1.29 is 0 Å². The standard InChI is InChI=1S/C13H15BrN2/c1-16-12(13(9-15)7-4-8-13)10-5-2-3-6-11(10)14/h2-3,5-6,12,16H,4,7-8H2,1H3. The Balaban J connectivity index is 2.37. The highest BCUT2D eigenvalue weighted by molar-refractivity contribution is 9.10. The summed E-state index contributed by atoms with van der Waals surface area (Å²) < 4.78 is 1.08. The molecule has 2 nitrogen and oxygen atoms in total. The minimum absolute atomic E-state index is 0.127. The van der Waals surface area contributed by atoms with Crippen molar-refractivity contribution in [1.82, 2.24) is 5.32 Å². The summed E-state index contributed by atoms with van der Waals surface area (Å²) in [6, 6.07) is 10.8. The molecule has 1 atom stereocenters. The van der Waals surface area contributed by atoms with Crippen LogP contribution >= 0.6 is 15.9 Å². The van der Waals surface area contributed by atoms with Gasteiger partial charge in [0.05, 0.1) is 17.5 Å². The Hall–Kier alpha value is -0.850. The fraction of sp³-hybridized carbons (Fsp3) is 0.462. The molecule has 0 saturated heterocycles. The molecule has 16 heavy (non-hydrogen) atoms. The Kier molecular flexibility index (Phi) is 3.32. The van der Waals surface area contributed by atoms with Crippen LogP contribution in [0.5, 0.6) is 0 Å². The molecule has 0 heterocycles. The molecule has 1 aliphatic carbocycles. The molecule has 2 rings (SSSR count). The zero-order chi connectivity index (χ0) is 11.6. The van der Waals surface area contributed by atoms with Crippen molar-refractivity contribution >= 4 is 15.9 Å². The third kappa shape index (κ3) is 1.77. The predicted octanol–water partition coefficient (Wildman–Crippen LogP) is 3.40. The average Bonchev–Trinajstić information content (AvgIpc) is 2.25. The summed E-state index contributed by atoms with van der Waals surface area (Å²) >= 11 is 3.56. The van der Waals surface area contributed by atoms with Crippen LogP contribution in [0.3, 0.4) is 0 Å². The molecule has 0 aromatic heterocycles. The second-order valence-electron chi connectivity index (χ2n) is 4.36. The number of nitrogens with one attached hydrogen (secondary N) is 1. The molecule has 1 unspecified atom stereocenters. The summed E-state index contributed by atoms with van der Waals surface area (Å²) in [5, 5.41) is 12.7. The topological polar surface area (TPSA) is 35.8 Å². The second-order valence-corrected chi connectivity index (χ2v) is 5.22. The van der Waals surface area contributed by atoms with Crippen LogP contribution in [0.15, 0.2) is 28.7 Å². The van der Waals surface area contributed by atoms with Crippen LogP contribution in [0.1, 0.15) is 30.9 Å². The van der Waals surface area contributed by atoms with E-state index in [4.69, 9.17) is 0 Å². The van der Waals surface area contributed by atoms with E-state index in [1.807, 2.05) is 25.2 Å². The van der Waals surface area contributed by atoms with Crippen molar-refractivity contribution in [2.24, 2.45) is 5.41 Å². The van der Waals surface area contributed by atoms with Crippen LogP contribution < -0.4 is 5.32 Å². The molecule has 1 aromatic rings. The fourth-order valence-electron chi connectivity index (χ4n) is 2.46. The van der Waals surface area contributed by atoms with E-state index in [1.165, 1.54) is 5.56 Å². The van der Waals surface area contributed by atoms with Gasteiger partial charge in [0, 0.05) is 4.47 Å². The predicted molar refractivity (Wildman–Crippen MR) is 67.8 cm³/mol. The van der Waals surface area contributed by atoms with E-state index in [0.29, 0.717) is 0 Å². The molecule has 1 saturated carbocycles. The Bertz CT molecular complexity index is 418. The van der Waals surface area contributed by atoms with E-state index in [1.54, 1.807) is 0 Å². The molecule has 0 aliphatic heterocycles. The highest BCUT2D eigenvalue weighted by Gasteiger charge is 2.45. The van der Waals surface area contributed by atoms with Crippen molar-refractivity contribution in [3.8, 4) is 6.07 Å². The minimum atomic E-state index is -0.210. The highest BCUT2D eigenvalue weighted by Crippen LogP contribution is 2.50. The maximum absolute atomic E-state index is 9.38. The summed E-state index contributed by atoms with van der Waals surface area (Å²) in [6.07, 6.45) is 3.16.